The van der Waals surface area contributed by atoms with Gasteiger partial charge in [0.05, 0.1) is 13.2 Å². The van der Waals surface area contributed by atoms with E-state index in [1.54, 1.807) is 14.2 Å². The largest absolute Gasteiger partial charge is 0.385 e. The number of hydrogen-bond donors (Lipinski definition) is 3. The van der Waals surface area contributed by atoms with Gasteiger partial charge in [0, 0.05) is 40.4 Å². The number of hydrazine groups is 1. The number of aliphatic imine (C=N–C) groups is 1. The summed E-state index contributed by atoms with van der Waals surface area (Å²) in [5.74, 6) is 5.97. The number of ether oxygens (including phenoxy) is 3. The molecule has 18 heavy (non-hydrogen) atoms. The van der Waals surface area contributed by atoms with Gasteiger partial charge < -0.3 is 19.5 Å². The molecule has 1 atom stereocenters. The van der Waals surface area contributed by atoms with E-state index in [9.17, 15) is 0 Å². The van der Waals surface area contributed by atoms with Crippen LogP contribution in [0.3, 0.4) is 0 Å². The lowest BCUT2D eigenvalue weighted by molar-refractivity contribution is -0.00909. The van der Waals surface area contributed by atoms with Crippen molar-refractivity contribution in [2.75, 3.05) is 47.1 Å². The molecule has 0 aromatic carbocycles. The van der Waals surface area contributed by atoms with E-state index in [1.807, 2.05) is 0 Å². The summed E-state index contributed by atoms with van der Waals surface area (Å²) in [7, 11) is 3.37. The highest BCUT2D eigenvalue weighted by Gasteiger charge is 2.34. The van der Waals surface area contributed by atoms with Gasteiger partial charge in [-0.15, -0.1) is 0 Å². The Balaban J connectivity index is 2.36. The van der Waals surface area contributed by atoms with Gasteiger partial charge in [0.2, 0.25) is 5.96 Å². The van der Waals surface area contributed by atoms with Crippen LogP contribution in [0.5, 0.6) is 0 Å². The fourth-order valence-electron chi connectivity index (χ4n) is 1.74. The van der Waals surface area contributed by atoms with Gasteiger partial charge in [0.1, 0.15) is 5.60 Å². The second-order valence-electron chi connectivity index (χ2n) is 4.27. The first kappa shape index (κ1) is 15.2. The highest BCUT2D eigenvalue weighted by molar-refractivity contribution is 5.79. The lowest BCUT2D eigenvalue weighted by atomic mass is 10.0. The normalized spacial score (nSPS) is 24.3. The summed E-state index contributed by atoms with van der Waals surface area (Å²) in [5, 5.41) is 3.11. The summed E-state index contributed by atoms with van der Waals surface area (Å²) in [6, 6.07) is 0. The number of nitrogens with zero attached hydrogens (tertiary/aromatic N) is 1. The number of nitrogens with one attached hydrogen (secondary N) is 2. The number of hydrogen-bond acceptors (Lipinski definition) is 5. The van der Waals surface area contributed by atoms with Gasteiger partial charge in [-0.1, -0.05) is 0 Å². The van der Waals surface area contributed by atoms with Crippen LogP contribution in [0.1, 0.15) is 12.8 Å². The molecule has 0 aliphatic carbocycles. The Bertz CT molecular complexity index is 255. The molecule has 0 saturated carbocycles. The van der Waals surface area contributed by atoms with Crippen LogP contribution >= 0.6 is 0 Å². The lowest BCUT2D eigenvalue weighted by Gasteiger charge is -2.23. The van der Waals surface area contributed by atoms with Gasteiger partial charge in [-0.05, 0) is 6.42 Å². The number of nitrogens with two attached hydrogens (primary N) is 1. The summed E-state index contributed by atoms with van der Waals surface area (Å²) in [4.78, 5) is 4.39. The monoisotopic (exact) mass is 260 g/mol. The Morgan fingerprint density at radius 2 is 2.33 bits per heavy atom. The quantitative estimate of drug-likeness (QED) is 0.183. The molecule has 0 spiro atoms. The van der Waals surface area contributed by atoms with E-state index in [1.165, 1.54) is 0 Å². The maximum Gasteiger partial charge on any atom is 0.205 e. The van der Waals surface area contributed by atoms with E-state index >= 15 is 0 Å². The Kier molecular flexibility index (Phi) is 6.96. The lowest BCUT2D eigenvalue weighted by Crippen LogP contribution is -2.44. The third-order valence-electron chi connectivity index (χ3n) is 2.98. The minimum absolute atomic E-state index is 0.309. The van der Waals surface area contributed by atoms with Gasteiger partial charge in [-0.2, -0.15) is 0 Å². The van der Waals surface area contributed by atoms with Crippen molar-refractivity contribution in [1.82, 2.24) is 10.7 Å². The Hall–Kier alpha value is -0.890. The molecule has 0 aromatic heterocycles. The first-order valence-corrected chi connectivity index (χ1v) is 6.13. The van der Waals surface area contributed by atoms with Gasteiger partial charge >= 0.3 is 0 Å². The molecule has 0 aromatic rings. The molecule has 0 bridgehead atoms. The van der Waals surface area contributed by atoms with E-state index < -0.39 is 0 Å². The number of methoxy groups -OCH3 is 2. The third-order valence-corrected chi connectivity index (χ3v) is 2.98. The fourth-order valence-corrected chi connectivity index (χ4v) is 1.74. The molecular weight excluding hydrogens is 236 g/mol. The molecule has 4 N–H and O–H groups in total. The van der Waals surface area contributed by atoms with Crippen molar-refractivity contribution in [2.24, 2.45) is 10.8 Å². The molecule has 1 aliphatic heterocycles. The smallest absolute Gasteiger partial charge is 0.205 e. The van der Waals surface area contributed by atoms with E-state index in [4.69, 9.17) is 20.1 Å². The van der Waals surface area contributed by atoms with Crippen molar-refractivity contribution in [3.05, 3.63) is 0 Å². The average Bonchev–Trinajstić information content (AvgIpc) is 2.87. The van der Waals surface area contributed by atoms with Crippen molar-refractivity contribution >= 4 is 5.96 Å². The molecule has 1 heterocycles. The van der Waals surface area contributed by atoms with Gasteiger partial charge in [-0.3, -0.25) is 5.43 Å². The second-order valence-corrected chi connectivity index (χ2v) is 4.27. The molecule has 1 rings (SSSR count). The summed E-state index contributed by atoms with van der Waals surface area (Å²) < 4.78 is 15.8. The molecule has 1 aliphatic rings. The molecule has 0 radical (unpaired) electrons. The average molecular weight is 260 g/mol. The number of rotatable bonds is 7. The van der Waals surface area contributed by atoms with Crippen LogP contribution in [0.2, 0.25) is 0 Å². The van der Waals surface area contributed by atoms with Crippen molar-refractivity contribution in [3.63, 3.8) is 0 Å². The molecule has 7 heteroatoms. The fraction of sp³-hybridized carbons (Fsp3) is 0.909. The van der Waals surface area contributed by atoms with Crippen LogP contribution in [-0.2, 0) is 14.2 Å². The van der Waals surface area contributed by atoms with E-state index in [-0.39, 0.29) is 5.60 Å². The summed E-state index contributed by atoms with van der Waals surface area (Å²) in [6.45, 7) is 3.29. The zero-order valence-corrected chi connectivity index (χ0v) is 11.2. The van der Waals surface area contributed by atoms with Crippen molar-refractivity contribution in [1.29, 1.82) is 0 Å². The van der Waals surface area contributed by atoms with E-state index in [2.05, 4.69) is 15.7 Å². The zero-order chi connectivity index (χ0) is 13.3. The molecular formula is C11H24N4O3. The molecule has 1 saturated heterocycles. The van der Waals surface area contributed by atoms with Crippen molar-refractivity contribution in [3.8, 4) is 0 Å². The van der Waals surface area contributed by atoms with Crippen molar-refractivity contribution in [2.45, 2.75) is 18.4 Å². The van der Waals surface area contributed by atoms with Crippen LogP contribution in [-0.4, -0.2) is 58.7 Å². The standard InChI is InChI=1S/C11H24N4O3/c1-16-6-3-5-13-10(15-12)14-8-11(17-2)4-7-18-9-11/h3-9,12H2,1-2H3,(H2,13,14,15). The molecule has 1 fully saturated rings. The predicted octanol–water partition coefficient (Wildman–Crippen LogP) is -0.763. The SMILES string of the molecule is COCCCNC(=NCC1(OC)CCOC1)NN. The Morgan fingerprint density at radius 1 is 1.50 bits per heavy atom. The first-order chi connectivity index (χ1) is 8.76. The van der Waals surface area contributed by atoms with Gasteiger partial charge in [0.15, 0.2) is 0 Å². The molecule has 7 nitrogen and oxygen atoms in total. The minimum atomic E-state index is -0.309. The maximum atomic E-state index is 5.49. The van der Waals surface area contributed by atoms with Crippen molar-refractivity contribution < 1.29 is 14.2 Å². The third kappa shape index (κ3) is 4.77. The highest BCUT2D eigenvalue weighted by atomic mass is 16.5. The van der Waals surface area contributed by atoms with Crippen LogP contribution in [0.15, 0.2) is 4.99 Å². The van der Waals surface area contributed by atoms with Crippen LogP contribution in [0, 0.1) is 0 Å². The summed E-state index contributed by atoms with van der Waals surface area (Å²) >= 11 is 0. The van der Waals surface area contributed by atoms with Crippen LogP contribution in [0.4, 0.5) is 0 Å². The number of guanidine groups is 1. The summed E-state index contributed by atoms with van der Waals surface area (Å²) in [6.07, 6.45) is 1.75. The maximum absolute atomic E-state index is 5.49. The van der Waals surface area contributed by atoms with Crippen LogP contribution < -0.4 is 16.6 Å². The first-order valence-electron chi connectivity index (χ1n) is 6.13. The topological polar surface area (TPSA) is 90.1 Å². The Labute approximate surface area is 108 Å². The second kappa shape index (κ2) is 8.25. The Morgan fingerprint density at radius 3 is 2.89 bits per heavy atom. The summed E-state index contributed by atoms with van der Waals surface area (Å²) in [5.41, 5.74) is 2.24. The van der Waals surface area contributed by atoms with Gasteiger partial charge in [-0.25, -0.2) is 10.8 Å². The van der Waals surface area contributed by atoms with Gasteiger partial charge in [0.25, 0.3) is 0 Å². The molecule has 0 amide bonds. The molecule has 106 valence electrons. The van der Waals surface area contributed by atoms with E-state index in [0.29, 0.717) is 25.7 Å². The van der Waals surface area contributed by atoms with Crippen LogP contribution in [0.25, 0.3) is 0 Å². The molecule has 1 unspecified atom stereocenters. The zero-order valence-electron chi connectivity index (χ0n) is 11.2. The van der Waals surface area contributed by atoms with E-state index in [0.717, 1.165) is 26.0 Å². The minimum Gasteiger partial charge on any atom is -0.385 e. The highest BCUT2D eigenvalue weighted by Crippen LogP contribution is 2.22. The predicted molar refractivity (Wildman–Crippen MR) is 69.3 cm³/mol.